The lowest BCUT2D eigenvalue weighted by Crippen LogP contribution is -2.49. The van der Waals surface area contributed by atoms with Crippen LogP contribution in [0.3, 0.4) is 0 Å². The Labute approximate surface area is 167 Å². The summed E-state index contributed by atoms with van der Waals surface area (Å²) in [7, 11) is 3.27. The summed E-state index contributed by atoms with van der Waals surface area (Å²) < 4.78 is 6.80. The summed E-state index contributed by atoms with van der Waals surface area (Å²) in [5.41, 5.74) is 1.57. The van der Waals surface area contributed by atoms with Crippen LogP contribution in [0.4, 0.5) is 5.82 Å². The van der Waals surface area contributed by atoms with Crippen LogP contribution in [-0.2, 0) is 16.6 Å². The molecule has 0 N–H and O–H groups in total. The van der Waals surface area contributed by atoms with Gasteiger partial charge in [-0.3, -0.25) is 9.58 Å². The monoisotopic (exact) mass is 400 g/mol. The number of hydrogen-bond donors (Lipinski definition) is 0. The lowest BCUT2D eigenvalue weighted by atomic mass is 10.0. The van der Waals surface area contributed by atoms with Gasteiger partial charge >= 0.3 is 5.97 Å². The van der Waals surface area contributed by atoms with Gasteiger partial charge in [0.2, 0.25) is 0 Å². The zero-order valence-corrected chi connectivity index (χ0v) is 16.5. The first-order chi connectivity index (χ1) is 13.6. The summed E-state index contributed by atoms with van der Waals surface area (Å²) in [6, 6.07) is 6.88. The van der Waals surface area contributed by atoms with Gasteiger partial charge < -0.3 is 9.64 Å². The molecule has 1 aliphatic heterocycles. The number of aryl methyl sites for hydroxylation is 1. The summed E-state index contributed by atoms with van der Waals surface area (Å²) in [6.07, 6.45) is 3.35. The van der Waals surface area contributed by atoms with Gasteiger partial charge in [-0.25, -0.2) is 14.8 Å². The quantitative estimate of drug-likeness (QED) is 0.620. The molecule has 1 fully saturated rings. The number of ether oxygens (including phenoxy) is 1. The molecule has 1 atom stereocenters. The second kappa shape index (κ2) is 7.73. The molecule has 146 valence electrons. The Morgan fingerprint density at radius 1 is 1.18 bits per heavy atom. The summed E-state index contributed by atoms with van der Waals surface area (Å²) in [5, 5.41) is 5.77. The molecular formula is C19H21ClN6O2. The number of nitrogens with zero attached hydrogens (tertiary/aromatic N) is 6. The minimum atomic E-state index is -0.523. The van der Waals surface area contributed by atoms with E-state index in [2.05, 4.69) is 24.9 Å². The number of benzene rings is 1. The number of anilines is 1. The lowest BCUT2D eigenvalue weighted by Gasteiger charge is -2.39. The number of piperazine rings is 1. The molecule has 0 spiro atoms. The summed E-state index contributed by atoms with van der Waals surface area (Å²) in [4.78, 5) is 25.6. The SMILES string of the molecule is COC(=O)[C@H](c1ccccc1Cl)N1CCN(c2ncnc3c2cnn3C)CC1. The van der Waals surface area contributed by atoms with Crippen LogP contribution in [0.2, 0.25) is 5.02 Å². The maximum absolute atomic E-state index is 12.5. The number of esters is 1. The van der Waals surface area contributed by atoms with Crippen molar-refractivity contribution in [2.75, 3.05) is 38.2 Å². The van der Waals surface area contributed by atoms with Crippen molar-refractivity contribution in [3.05, 3.63) is 47.4 Å². The van der Waals surface area contributed by atoms with E-state index < -0.39 is 6.04 Å². The average molecular weight is 401 g/mol. The van der Waals surface area contributed by atoms with Gasteiger partial charge in [-0.2, -0.15) is 5.10 Å². The molecule has 0 radical (unpaired) electrons. The number of methoxy groups -OCH3 is 1. The fraction of sp³-hybridized carbons (Fsp3) is 0.368. The Bertz CT molecular complexity index is 999. The van der Waals surface area contributed by atoms with E-state index in [1.807, 2.05) is 25.2 Å². The predicted molar refractivity (Wildman–Crippen MR) is 106 cm³/mol. The third kappa shape index (κ3) is 3.29. The van der Waals surface area contributed by atoms with Crippen molar-refractivity contribution in [1.29, 1.82) is 0 Å². The Morgan fingerprint density at radius 2 is 1.93 bits per heavy atom. The zero-order chi connectivity index (χ0) is 19.7. The van der Waals surface area contributed by atoms with Crippen LogP contribution in [0.5, 0.6) is 0 Å². The second-order valence-corrected chi connectivity index (χ2v) is 7.08. The Morgan fingerprint density at radius 3 is 2.64 bits per heavy atom. The molecule has 1 aromatic carbocycles. The number of halogens is 1. The number of carbonyl (C=O) groups excluding carboxylic acids is 1. The molecule has 0 unspecified atom stereocenters. The van der Waals surface area contributed by atoms with E-state index >= 15 is 0 Å². The first kappa shape index (κ1) is 18.6. The minimum absolute atomic E-state index is 0.307. The summed E-state index contributed by atoms with van der Waals surface area (Å²) in [5.74, 6) is 0.559. The molecule has 1 saturated heterocycles. The predicted octanol–water partition coefficient (Wildman–Crippen LogP) is 2.05. The van der Waals surface area contributed by atoms with Gasteiger partial charge in [0, 0.05) is 38.2 Å². The molecule has 4 rings (SSSR count). The molecule has 1 aliphatic rings. The maximum Gasteiger partial charge on any atom is 0.327 e. The highest BCUT2D eigenvalue weighted by Crippen LogP contribution is 2.31. The van der Waals surface area contributed by atoms with Gasteiger partial charge in [0.25, 0.3) is 0 Å². The third-order valence-electron chi connectivity index (χ3n) is 5.11. The van der Waals surface area contributed by atoms with Crippen molar-refractivity contribution in [3.8, 4) is 0 Å². The van der Waals surface area contributed by atoms with E-state index in [1.165, 1.54) is 7.11 Å². The van der Waals surface area contributed by atoms with Crippen molar-refractivity contribution in [2.45, 2.75) is 6.04 Å². The van der Waals surface area contributed by atoms with Gasteiger partial charge in [0.15, 0.2) is 5.65 Å². The molecule has 8 nitrogen and oxygen atoms in total. The fourth-order valence-electron chi connectivity index (χ4n) is 3.67. The molecule has 2 aromatic heterocycles. The largest absolute Gasteiger partial charge is 0.468 e. The Balaban J connectivity index is 1.56. The zero-order valence-electron chi connectivity index (χ0n) is 15.7. The Kier molecular flexibility index (Phi) is 5.15. The lowest BCUT2D eigenvalue weighted by molar-refractivity contribution is -0.147. The minimum Gasteiger partial charge on any atom is -0.468 e. The third-order valence-corrected chi connectivity index (χ3v) is 5.46. The van der Waals surface area contributed by atoms with Crippen LogP contribution in [0.25, 0.3) is 11.0 Å². The van der Waals surface area contributed by atoms with E-state index in [1.54, 1.807) is 23.3 Å². The van der Waals surface area contributed by atoms with E-state index in [0.29, 0.717) is 18.1 Å². The molecule has 28 heavy (non-hydrogen) atoms. The van der Waals surface area contributed by atoms with Crippen LogP contribution < -0.4 is 4.90 Å². The number of aromatic nitrogens is 4. The first-order valence-electron chi connectivity index (χ1n) is 9.04. The van der Waals surface area contributed by atoms with Crippen molar-refractivity contribution in [3.63, 3.8) is 0 Å². The number of fused-ring (bicyclic) bond motifs is 1. The topological polar surface area (TPSA) is 76.4 Å². The molecular weight excluding hydrogens is 380 g/mol. The fourth-order valence-corrected chi connectivity index (χ4v) is 3.91. The van der Waals surface area contributed by atoms with Crippen molar-refractivity contribution in [1.82, 2.24) is 24.6 Å². The average Bonchev–Trinajstić information content (AvgIpc) is 3.11. The van der Waals surface area contributed by atoms with Crippen molar-refractivity contribution < 1.29 is 9.53 Å². The number of carbonyl (C=O) groups is 1. The van der Waals surface area contributed by atoms with Crippen LogP contribution in [0, 0.1) is 0 Å². The van der Waals surface area contributed by atoms with Gasteiger partial charge in [-0.1, -0.05) is 29.8 Å². The van der Waals surface area contributed by atoms with E-state index in [4.69, 9.17) is 16.3 Å². The van der Waals surface area contributed by atoms with E-state index in [0.717, 1.165) is 35.5 Å². The second-order valence-electron chi connectivity index (χ2n) is 6.67. The van der Waals surface area contributed by atoms with Crippen LogP contribution >= 0.6 is 11.6 Å². The van der Waals surface area contributed by atoms with E-state index in [9.17, 15) is 4.79 Å². The first-order valence-corrected chi connectivity index (χ1v) is 9.42. The molecule has 9 heteroatoms. The molecule has 3 aromatic rings. The van der Waals surface area contributed by atoms with Gasteiger partial charge in [-0.05, 0) is 11.6 Å². The maximum atomic E-state index is 12.5. The smallest absolute Gasteiger partial charge is 0.327 e. The standard InChI is InChI=1S/C19H21ClN6O2/c1-24-17-14(11-23-24)18(22-12-21-17)26-9-7-25(8-10-26)16(19(27)28-2)13-5-3-4-6-15(13)20/h3-6,11-12,16H,7-10H2,1-2H3/t16-/m0/s1. The number of rotatable bonds is 4. The van der Waals surface area contributed by atoms with Crippen molar-refractivity contribution >= 4 is 34.4 Å². The highest BCUT2D eigenvalue weighted by atomic mass is 35.5. The highest BCUT2D eigenvalue weighted by molar-refractivity contribution is 6.31. The Hall–Kier alpha value is -2.71. The van der Waals surface area contributed by atoms with Gasteiger partial charge in [0.05, 0.1) is 18.7 Å². The van der Waals surface area contributed by atoms with Crippen LogP contribution in [-0.4, -0.2) is 63.9 Å². The molecule has 0 saturated carbocycles. The molecule has 0 aliphatic carbocycles. The number of hydrogen-bond acceptors (Lipinski definition) is 7. The summed E-state index contributed by atoms with van der Waals surface area (Å²) in [6.45, 7) is 2.80. The molecule has 0 amide bonds. The van der Waals surface area contributed by atoms with Crippen molar-refractivity contribution in [2.24, 2.45) is 7.05 Å². The van der Waals surface area contributed by atoms with Gasteiger partial charge in [-0.15, -0.1) is 0 Å². The van der Waals surface area contributed by atoms with Crippen LogP contribution in [0.1, 0.15) is 11.6 Å². The van der Waals surface area contributed by atoms with Gasteiger partial charge in [0.1, 0.15) is 18.2 Å². The highest BCUT2D eigenvalue weighted by Gasteiger charge is 2.33. The van der Waals surface area contributed by atoms with E-state index in [-0.39, 0.29) is 5.97 Å². The summed E-state index contributed by atoms with van der Waals surface area (Å²) >= 11 is 6.36. The molecule has 0 bridgehead atoms. The molecule has 3 heterocycles. The van der Waals surface area contributed by atoms with Crippen LogP contribution in [0.15, 0.2) is 36.8 Å². The normalized spacial score (nSPS) is 16.3.